The first-order valence-electron chi connectivity index (χ1n) is 8.04. The highest BCUT2D eigenvalue weighted by Crippen LogP contribution is 2.30. The summed E-state index contributed by atoms with van der Waals surface area (Å²) >= 11 is 0. The van der Waals surface area contributed by atoms with Crippen LogP contribution in [0, 0.1) is 5.92 Å². The van der Waals surface area contributed by atoms with Gasteiger partial charge in [0.1, 0.15) is 11.6 Å². The molecule has 1 aromatic carbocycles. The first-order chi connectivity index (χ1) is 11.3. The van der Waals surface area contributed by atoms with Gasteiger partial charge in [-0.25, -0.2) is 4.98 Å². The molecule has 1 unspecified atom stereocenters. The smallest absolute Gasteiger partial charge is 0.229 e. The van der Waals surface area contributed by atoms with Crippen molar-refractivity contribution in [3.8, 4) is 17.0 Å². The normalized spacial score (nSPS) is 19.2. The summed E-state index contributed by atoms with van der Waals surface area (Å²) < 4.78 is 5.54. The van der Waals surface area contributed by atoms with Crippen molar-refractivity contribution in [3.05, 3.63) is 42.0 Å². The maximum absolute atomic E-state index is 12.2. The quantitative estimate of drug-likeness (QED) is 0.912. The molecule has 2 aliphatic heterocycles. The van der Waals surface area contributed by atoms with Crippen LogP contribution >= 0.6 is 0 Å². The predicted molar refractivity (Wildman–Crippen MR) is 88.5 cm³/mol. The van der Waals surface area contributed by atoms with Crippen LogP contribution in [0.3, 0.4) is 0 Å². The van der Waals surface area contributed by atoms with Crippen molar-refractivity contribution in [1.29, 1.82) is 0 Å². The van der Waals surface area contributed by atoms with Gasteiger partial charge in [-0.1, -0.05) is 6.07 Å². The topological polar surface area (TPSA) is 63.2 Å². The minimum absolute atomic E-state index is 0.0394. The van der Waals surface area contributed by atoms with E-state index >= 15 is 0 Å². The number of hydrogen-bond donors (Lipinski definition) is 2. The molecule has 5 heteroatoms. The molecule has 3 heterocycles. The second kappa shape index (κ2) is 6.01. The van der Waals surface area contributed by atoms with Gasteiger partial charge in [0.05, 0.1) is 18.2 Å². The minimum Gasteiger partial charge on any atom is -0.493 e. The largest absolute Gasteiger partial charge is 0.493 e. The molecule has 2 aliphatic rings. The average molecular weight is 309 g/mol. The third-order valence-corrected chi connectivity index (χ3v) is 4.42. The molecule has 118 valence electrons. The Labute approximate surface area is 135 Å². The molecule has 1 fully saturated rings. The standard InChI is InChI=1S/C18H19N3O2/c22-18(14-6-8-19-11-14)21-17-3-1-2-15(20-17)12-4-5-16-13(10-12)7-9-23-16/h1-5,10,14,19H,6-9,11H2,(H,20,21,22). The Morgan fingerprint density at radius 2 is 2.26 bits per heavy atom. The lowest BCUT2D eigenvalue weighted by atomic mass is 10.1. The highest BCUT2D eigenvalue weighted by atomic mass is 16.5. The number of carbonyl (C=O) groups is 1. The third kappa shape index (κ3) is 2.92. The zero-order valence-electron chi connectivity index (χ0n) is 12.8. The molecule has 2 N–H and O–H groups in total. The summed E-state index contributed by atoms with van der Waals surface area (Å²) in [7, 11) is 0. The van der Waals surface area contributed by atoms with Crippen molar-refractivity contribution in [2.75, 3.05) is 25.0 Å². The lowest BCUT2D eigenvalue weighted by molar-refractivity contribution is -0.119. The molecule has 0 spiro atoms. The molecule has 0 aliphatic carbocycles. The number of rotatable bonds is 3. The fraction of sp³-hybridized carbons (Fsp3) is 0.333. The molecule has 1 atom stereocenters. The van der Waals surface area contributed by atoms with E-state index in [4.69, 9.17) is 4.74 Å². The molecule has 2 aromatic rings. The molecule has 0 bridgehead atoms. The van der Waals surface area contributed by atoms with E-state index in [0.717, 1.165) is 49.5 Å². The average Bonchev–Trinajstić information content (AvgIpc) is 3.26. The lowest BCUT2D eigenvalue weighted by Gasteiger charge is -2.10. The van der Waals surface area contributed by atoms with Crippen LogP contribution in [-0.4, -0.2) is 30.6 Å². The van der Waals surface area contributed by atoms with Crippen molar-refractivity contribution in [2.24, 2.45) is 5.92 Å². The van der Waals surface area contributed by atoms with Gasteiger partial charge in [0.25, 0.3) is 0 Å². The highest BCUT2D eigenvalue weighted by Gasteiger charge is 2.22. The summed E-state index contributed by atoms with van der Waals surface area (Å²) in [6.45, 7) is 2.40. The Morgan fingerprint density at radius 3 is 3.13 bits per heavy atom. The van der Waals surface area contributed by atoms with Crippen LogP contribution in [0.5, 0.6) is 5.75 Å². The third-order valence-electron chi connectivity index (χ3n) is 4.42. The van der Waals surface area contributed by atoms with Gasteiger partial charge in [-0.3, -0.25) is 4.79 Å². The Morgan fingerprint density at radius 1 is 1.30 bits per heavy atom. The Bertz CT molecular complexity index is 739. The van der Waals surface area contributed by atoms with Gasteiger partial charge < -0.3 is 15.4 Å². The first-order valence-corrected chi connectivity index (χ1v) is 8.04. The number of nitrogens with zero attached hydrogens (tertiary/aromatic N) is 1. The summed E-state index contributed by atoms with van der Waals surface area (Å²) in [5.41, 5.74) is 3.13. The summed E-state index contributed by atoms with van der Waals surface area (Å²) in [4.78, 5) is 16.8. The van der Waals surface area contributed by atoms with Gasteiger partial charge in [0.2, 0.25) is 5.91 Å². The van der Waals surface area contributed by atoms with Crippen LogP contribution in [0.25, 0.3) is 11.3 Å². The maximum atomic E-state index is 12.2. The summed E-state index contributed by atoms with van der Waals surface area (Å²) in [5.74, 6) is 1.66. The number of pyridine rings is 1. The van der Waals surface area contributed by atoms with Crippen LogP contribution in [0.2, 0.25) is 0 Å². The molecule has 1 aromatic heterocycles. The van der Waals surface area contributed by atoms with Crippen molar-refractivity contribution in [3.63, 3.8) is 0 Å². The first kappa shape index (κ1) is 14.2. The fourth-order valence-corrected chi connectivity index (χ4v) is 3.12. The Hall–Kier alpha value is -2.40. The van der Waals surface area contributed by atoms with E-state index in [9.17, 15) is 4.79 Å². The van der Waals surface area contributed by atoms with Crippen molar-refractivity contribution >= 4 is 11.7 Å². The minimum atomic E-state index is 0.0394. The molecule has 0 radical (unpaired) electrons. The summed E-state index contributed by atoms with van der Waals surface area (Å²) in [5, 5.41) is 6.14. The van der Waals surface area contributed by atoms with Gasteiger partial charge in [0.15, 0.2) is 0 Å². The van der Waals surface area contributed by atoms with Gasteiger partial charge in [-0.15, -0.1) is 0 Å². The molecule has 23 heavy (non-hydrogen) atoms. The Kier molecular flexibility index (Phi) is 3.71. The van der Waals surface area contributed by atoms with E-state index in [1.165, 1.54) is 5.56 Å². The SMILES string of the molecule is O=C(Nc1cccc(-c2ccc3c(c2)CCO3)n1)C1CCNC1. The second-order valence-electron chi connectivity index (χ2n) is 6.01. The van der Waals surface area contributed by atoms with Gasteiger partial charge in [-0.05, 0) is 48.9 Å². The molecule has 1 amide bonds. The van der Waals surface area contributed by atoms with Crippen molar-refractivity contribution < 1.29 is 9.53 Å². The fourth-order valence-electron chi connectivity index (χ4n) is 3.12. The monoisotopic (exact) mass is 309 g/mol. The molecule has 1 saturated heterocycles. The van der Waals surface area contributed by atoms with Crippen molar-refractivity contribution in [1.82, 2.24) is 10.3 Å². The van der Waals surface area contributed by atoms with E-state index in [0.29, 0.717) is 5.82 Å². The number of fused-ring (bicyclic) bond motifs is 1. The zero-order chi connectivity index (χ0) is 15.6. The second-order valence-corrected chi connectivity index (χ2v) is 6.01. The summed E-state index contributed by atoms with van der Waals surface area (Å²) in [6.07, 6.45) is 1.82. The van der Waals surface area contributed by atoms with Gasteiger partial charge in [0, 0.05) is 18.5 Å². The van der Waals surface area contributed by atoms with Crippen LogP contribution < -0.4 is 15.4 Å². The number of amides is 1. The molecule has 5 nitrogen and oxygen atoms in total. The zero-order valence-corrected chi connectivity index (χ0v) is 12.8. The van der Waals surface area contributed by atoms with Crippen LogP contribution in [0.4, 0.5) is 5.82 Å². The van der Waals surface area contributed by atoms with E-state index in [-0.39, 0.29) is 11.8 Å². The predicted octanol–water partition coefficient (Wildman–Crippen LogP) is 2.23. The van der Waals surface area contributed by atoms with Gasteiger partial charge >= 0.3 is 0 Å². The number of nitrogens with one attached hydrogen (secondary N) is 2. The number of benzene rings is 1. The van der Waals surface area contributed by atoms with E-state index in [1.54, 1.807) is 0 Å². The van der Waals surface area contributed by atoms with Gasteiger partial charge in [-0.2, -0.15) is 0 Å². The maximum Gasteiger partial charge on any atom is 0.229 e. The van der Waals surface area contributed by atoms with Crippen LogP contribution in [-0.2, 0) is 11.2 Å². The summed E-state index contributed by atoms with van der Waals surface area (Å²) in [6, 6.07) is 11.9. The van der Waals surface area contributed by atoms with Crippen LogP contribution in [0.15, 0.2) is 36.4 Å². The van der Waals surface area contributed by atoms with E-state index in [2.05, 4.69) is 21.7 Å². The molecule has 0 saturated carbocycles. The highest BCUT2D eigenvalue weighted by molar-refractivity contribution is 5.92. The number of hydrogen-bond acceptors (Lipinski definition) is 4. The Balaban J connectivity index is 1.55. The molecular formula is C18H19N3O2. The van der Waals surface area contributed by atoms with E-state index in [1.807, 2.05) is 30.3 Å². The number of anilines is 1. The number of ether oxygens (including phenoxy) is 1. The lowest BCUT2D eigenvalue weighted by Crippen LogP contribution is -2.25. The van der Waals surface area contributed by atoms with Crippen LogP contribution in [0.1, 0.15) is 12.0 Å². The van der Waals surface area contributed by atoms with Crippen molar-refractivity contribution in [2.45, 2.75) is 12.8 Å². The number of carbonyl (C=O) groups excluding carboxylic acids is 1. The molecule has 4 rings (SSSR count). The number of aromatic nitrogens is 1. The molecular weight excluding hydrogens is 290 g/mol. The van der Waals surface area contributed by atoms with E-state index < -0.39 is 0 Å².